The molecule has 9 heteroatoms. The lowest BCUT2D eigenvalue weighted by molar-refractivity contribution is -0.111. The Hall–Kier alpha value is -4.37. The third kappa shape index (κ3) is 4.48. The summed E-state index contributed by atoms with van der Waals surface area (Å²) in [6, 6.07) is 16.3. The van der Waals surface area contributed by atoms with E-state index in [-0.39, 0.29) is 5.91 Å². The predicted molar refractivity (Wildman–Crippen MR) is 144 cm³/mol. The highest BCUT2D eigenvalue weighted by Crippen LogP contribution is 2.40. The van der Waals surface area contributed by atoms with Gasteiger partial charge >= 0.3 is 0 Å². The molecule has 1 amide bonds. The van der Waals surface area contributed by atoms with E-state index in [2.05, 4.69) is 64.3 Å². The van der Waals surface area contributed by atoms with Gasteiger partial charge in [0.25, 0.3) is 0 Å². The molecular weight excluding hydrogens is 454 g/mol. The fourth-order valence-electron chi connectivity index (χ4n) is 4.31. The SMILES string of the molecule is C=CC(=O)Nc1cc(Nc2nccc(-n3ccc4ccccc43)n2)c(OC)cc1N1CC(N(C)C)C1. The molecule has 1 saturated heterocycles. The largest absolute Gasteiger partial charge is 0.494 e. The minimum atomic E-state index is -0.283. The molecule has 0 unspecified atom stereocenters. The molecule has 5 rings (SSSR count). The van der Waals surface area contributed by atoms with E-state index in [1.807, 2.05) is 41.1 Å². The molecule has 1 fully saturated rings. The Balaban J connectivity index is 1.48. The number of nitrogens with one attached hydrogen (secondary N) is 2. The number of carbonyl (C=O) groups is 1. The molecule has 0 saturated carbocycles. The van der Waals surface area contributed by atoms with Gasteiger partial charge in [-0.25, -0.2) is 4.98 Å². The van der Waals surface area contributed by atoms with Crippen LogP contribution in [0.3, 0.4) is 0 Å². The van der Waals surface area contributed by atoms with E-state index in [0.29, 0.717) is 29.1 Å². The van der Waals surface area contributed by atoms with E-state index in [1.165, 1.54) is 6.08 Å². The van der Waals surface area contributed by atoms with Crippen LogP contribution in [0.4, 0.5) is 23.0 Å². The average Bonchev–Trinajstić information content (AvgIpc) is 3.28. The molecule has 0 atom stereocenters. The van der Waals surface area contributed by atoms with E-state index in [1.54, 1.807) is 13.3 Å². The highest BCUT2D eigenvalue weighted by Gasteiger charge is 2.31. The molecular formula is C27H29N7O2. The summed E-state index contributed by atoms with van der Waals surface area (Å²) in [5.41, 5.74) is 3.25. The Morgan fingerprint density at radius 3 is 2.72 bits per heavy atom. The molecule has 184 valence electrons. The van der Waals surface area contributed by atoms with Crippen LogP contribution in [-0.2, 0) is 4.79 Å². The van der Waals surface area contributed by atoms with E-state index in [4.69, 9.17) is 9.72 Å². The Labute approximate surface area is 210 Å². The van der Waals surface area contributed by atoms with Crippen LogP contribution in [0.25, 0.3) is 16.7 Å². The van der Waals surface area contributed by atoms with Gasteiger partial charge in [-0.2, -0.15) is 4.98 Å². The average molecular weight is 484 g/mol. The number of nitrogens with zero attached hydrogens (tertiary/aromatic N) is 5. The third-order valence-electron chi connectivity index (χ3n) is 6.43. The summed E-state index contributed by atoms with van der Waals surface area (Å²) in [5, 5.41) is 7.33. The number of ether oxygens (including phenoxy) is 1. The zero-order valence-electron chi connectivity index (χ0n) is 20.6. The number of methoxy groups -OCH3 is 1. The second kappa shape index (κ2) is 9.71. The molecule has 2 aromatic heterocycles. The number of hydrogen-bond donors (Lipinski definition) is 2. The lowest BCUT2D eigenvalue weighted by Gasteiger charge is -2.45. The lowest BCUT2D eigenvalue weighted by atomic mass is 10.0. The summed E-state index contributed by atoms with van der Waals surface area (Å²) >= 11 is 0. The van der Waals surface area contributed by atoms with Crippen molar-refractivity contribution in [1.29, 1.82) is 0 Å². The number of likely N-dealkylation sites (N-methyl/N-ethyl adjacent to an activating group) is 1. The van der Waals surface area contributed by atoms with Crippen molar-refractivity contribution in [2.45, 2.75) is 6.04 Å². The van der Waals surface area contributed by atoms with Gasteiger partial charge < -0.3 is 29.7 Å². The molecule has 2 N–H and O–H groups in total. The van der Waals surface area contributed by atoms with Crippen LogP contribution in [0.5, 0.6) is 5.75 Å². The number of carbonyl (C=O) groups excluding carboxylic acids is 1. The minimum absolute atomic E-state index is 0.283. The van der Waals surface area contributed by atoms with Gasteiger partial charge in [0.2, 0.25) is 11.9 Å². The van der Waals surface area contributed by atoms with Crippen LogP contribution >= 0.6 is 0 Å². The van der Waals surface area contributed by atoms with Crippen LogP contribution in [0.15, 0.2) is 73.6 Å². The van der Waals surface area contributed by atoms with Gasteiger partial charge in [-0.05, 0) is 49.8 Å². The number of rotatable bonds is 8. The van der Waals surface area contributed by atoms with Crippen molar-refractivity contribution in [2.24, 2.45) is 0 Å². The van der Waals surface area contributed by atoms with Gasteiger partial charge in [-0.15, -0.1) is 0 Å². The summed E-state index contributed by atoms with van der Waals surface area (Å²) in [5.74, 6) is 1.49. The Morgan fingerprint density at radius 1 is 1.17 bits per heavy atom. The topological polar surface area (TPSA) is 87.5 Å². The Kier molecular flexibility index (Phi) is 6.30. The minimum Gasteiger partial charge on any atom is -0.494 e. The number of amides is 1. The summed E-state index contributed by atoms with van der Waals surface area (Å²) in [4.78, 5) is 25.8. The fraction of sp³-hybridized carbons (Fsp3) is 0.222. The highest BCUT2D eigenvalue weighted by atomic mass is 16.5. The van der Waals surface area contributed by atoms with Gasteiger partial charge in [0, 0.05) is 37.6 Å². The van der Waals surface area contributed by atoms with Crippen molar-refractivity contribution in [1.82, 2.24) is 19.4 Å². The van der Waals surface area contributed by atoms with Gasteiger partial charge in [0.15, 0.2) is 0 Å². The molecule has 1 aliphatic heterocycles. The van der Waals surface area contributed by atoms with Crippen LogP contribution < -0.4 is 20.3 Å². The van der Waals surface area contributed by atoms with Gasteiger partial charge in [0.1, 0.15) is 11.6 Å². The van der Waals surface area contributed by atoms with Crippen LogP contribution in [0.1, 0.15) is 0 Å². The normalized spacial score (nSPS) is 13.5. The second-order valence-corrected chi connectivity index (χ2v) is 8.89. The van der Waals surface area contributed by atoms with Crippen molar-refractivity contribution in [3.8, 4) is 11.6 Å². The first kappa shape index (κ1) is 23.4. The van der Waals surface area contributed by atoms with Crippen LogP contribution in [-0.4, -0.2) is 65.7 Å². The fourth-order valence-corrected chi connectivity index (χ4v) is 4.31. The summed E-state index contributed by atoms with van der Waals surface area (Å²) in [6.07, 6.45) is 4.96. The number of para-hydroxylation sites is 1. The monoisotopic (exact) mass is 483 g/mol. The molecule has 9 nitrogen and oxygen atoms in total. The standard InChI is InChI=1S/C27H29N7O2/c1-5-26(35)29-20-14-21(24(36-4)15-23(20)33-16-19(17-33)32(2)3)30-27-28-12-10-25(31-27)34-13-11-18-8-6-7-9-22(18)34/h5-15,19H,1,16-17H2,2-4H3,(H,29,35)(H,28,30,31). The first-order chi connectivity index (χ1) is 17.5. The van der Waals surface area contributed by atoms with E-state index in [0.717, 1.165) is 35.5 Å². The molecule has 2 aromatic carbocycles. The molecule has 0 radical (unpaired) electrons. The smallest absolute Gasteiger partial charge is 0.247 e. The molecule has 0 bridgehead atoms. The van der Waals surface area contributed by atoms with E-state index in [9.17, 15) is 4.79 Å². The quantitative estimate of drug-likeness (QED) is 0.366. The zero-order valence-corrected chi connectivity index (χ0v) is 20.6. The van der Waals surface area contributed by atoms with Gasteiger partial charge in [0.05, 0.1) is 29.7 Å². The molecule has 0 spiro atoms. The number of aromatic nitrogens is 3. The number of anilines is 4. The first-order valence-electron chi connectivity index (χ1n) is 11.7. The maximum Gasteiger partial charge on any atom is 0.247 e. The molecule has 0 aliphatic carbocycles. The van der Waals surface area contributed by atoms with Crippen molar-refractivity contribution >= 4 is 39.8 Å². The molecule has 3 heterocycles. The zero-order chi connectivity index (χ0) is 25.2. The predicted octanol–water partition coefficient (Wildman–Crippen LogP) is 4.05. The highest BCUT2D eigenvalue weighted by molar-refractivity contribution is 6.02. The van der Waals surface area contributed by atoms with Gasteiger partial charge in [-0.1, -0.05) is 24.8 Å². The van der Waals surface area contributed by atoms with Crippen molar-refractivity contribution in [3.63, 3.8) is 0 Å². The Bertz CT molecular complexity index is 1420. The molecule has 1 aliphatic rings. The summed E-state index contributed by atoms with van der Waals surface area (Å²) < 4.78 is 7.72. The van der Waals surface area contributed by atoms with Crippen molar-refractivity contribution < 1.29 is 9.53 Å². The van der Waals surface area contributed by atoms with Gasteiger partial charge in [-0.3, -0.25) is 4.79 Å². The maximum absolute atomic E-state index is 12.2. The maximum atomic E-state index is 12.2. The number of benzene rings is 2. The molecule has 36 heavy (non-hydrogen) atoms. The van der Waals surface area contributed by atoms with Crippen molar-refractivity contribution in [2.75, 3.05) is 49.8 Å². The van der Waals surface area contributed by atoms with Crippen LogP contribution in [0.2, 0.25) is 0 Å². The first-order valence-corrected chi connectivity index (χ1v) is 11.7. The molecule has 4 aromatic rings. The van der Waals surface area contributed by atoms with Crippen molar-refractivity contribution in [3.05, 3.63) is 73.6 Å². The lowest BCUT2D eigenvalue weighted by Crippen LogP contribution is -2.57. The van der Waals surface area contributed by atoms with E-state index < -0.39 is 0 Å². The number of fused-ring (bicyclic) bond motifs is 1. The van der Waals surface area contributed by atoms with E-state index >= 15 is 0 Å². The Morgan fingerprint density at radius 2 is 1.97 bits per heavy atom. The second-order valence-electron chi connectivity index (χ2n) is 8.89. The third-order valence-corrected chi connectivity index (χ3v) is 6.43. The van der Waals surface area contributed by atoms with Crippen LogP contribution in [0, 0.1) is 0 Å². The summed E-state index contributed by atoms with van der Waals surface area (Å²) in [6.45, 7) is 5.30. The number of hydrogen-bond acceptors (Lipinski definition) is 7. The summed E-state index contributed by atoms with van der Waals surface area (Å²) in [7, 11) is 5.76.